The van der Waals surface area contributed by atoms with Gasteiger partial charge in [0.2, 0.25) is 0 Å². The van der Waals surface area contributed by atoms with Crippen molar-refractivity contribution < 1.29 is 19.2 Å². The van der Waals surface area contributed by atoms with Crippen molar-refractivity contribution in [2.45, 2.75) is 32.6 Å². The molecule has 0 bridgehead atoms. The summed E-state index contributed by atoms with van der Waals surface area (Å²) in [6.07, 6.45) is 4.27. The lowest BCUT2D eigenvalue weighted by atomic mass is 10.2. The van der Waals surface area contributed by atoms with Gasteiger partial charge in [-0.1, -0.05) is 26.2 Å². The molecule has 0 atom stereocenters. The fraction of sp³-hybridized carbons (Fsp3) is 0.533. The number of nitrogens with zero attached hydrogens (tertiary/aromatic N) is 1. The standard InChI is InChI=1S/C15H22N2O5/c1-3-4-5-6-9-16-15(18)11-22-14-8-7-12(21-2)10-13(14)17(19)20/h7-8,10H,3-6,9,11H2,1-2H3,(H,16,18). The number of hydrogen-bond acceptors (Lipinski definition) is 5. The van der Waals surface area contributed by atoms with E-state index in [2.05, 4.69) is 12.2 Å². The molecule has 122 valence electrons. The van der Waals surface area contributed by atoms with Crippen LogP contribution in [-0.2, 0) is 4.79 Å². The number of ether oxygens (including phenoxy) is 2. The molecule has 1 rings (SSSR count). The van der Waals surface area contributed by atoms with Crippen LogP contribution in [0.5, 0.6) is 11.5 Å². The summed E-state index contributed by atoms with van der Waals surface area (Å²) < 4.78 is 10.2. The van der Waals surface area contributed by atoms with Gasteiger partial charge in [0.15, 0.2) is 12.4 Å². The number of nitro benzene ring substituents is 1. The van der Waals surface area contributed by atoms with E-state index in [0.717, 1.165) is 25.7 Å². The van der Waals surface area contributed by atoms with E-state index in [9.17, 15) is 14.9 Å². The highest BCUT2D eigenvalue weighted by atomic mass is 16.6. The zero-order valence-corrected chi connectivity index (χ0v) is 13.0. The summed E-state index contributed by atoms with van der Waals surface area (Å²) in [6.45, 7) is 2.46. The quantitative estimate of drug-likeness (QED) is 0.407. The van der Waals surface area contributed by atoms with Crippen molar-refractivity contribution in [1.29, 1.82) is 0 Å². The molecular weight excluding hydrogens is 288 g/mol. The Kier molecular flexibility index (Phi) is 7.74. The molecule has 0 aliphatic heterocycles. The Bertz CT molecular complexity index is 505. The predicted molar refractivity (Wildman–Crippen MR) is 82.3 cm³/mol. The van der Waals surface area contributed by atoms with Gasteiger partial charge in [-0.3, -0.25) is 14.9 Å². The van der Waals surface area contributed by atoms with Gasteiger partial charge in [0.05, 0.1) is 18.1 Å². The van der Waals surface area contributed by atoms with Crippen molar-refractivity contribution in [3.05, 3.63) is 28.3 Å². The Labute approximate surface area is 129 Å². The molecule has 0 radical (unpaired) electrons. The molecule has 0 saturated heterocycles. The van der Waals surface area contributed by atoms with Crippen LogP contribution in [0, 0.1) is 10.1 Å². The summed E-state index contributed by atoms with van der Waals surface area (Å²) >= 11 is 0. The van der Waals surface area contributed by atoms with Gasteiger partial charge >= 0.3 is 5.69 Å². The predicted octanol–water partition coefficient (Wildman–Crippen LogP) is 2.68. The number of amides is 1. The first-order chi connectivity index (χ1) is 10.6. The van der Waals surface area contributed by atoms with Gasteiger partial charge in [0.25, 0.3) is 5.91 Å². The molecule has 0 heterocycles. The second-order valence-electron chi connectivity index (χ2n) is 4.79. The number of methoxy groups -OCH3 is 1. The van der Waals surface area contributed by atoms with Crippen molar-refractivity contribution in [2.75, 3.05) is 20.3 Å². The smallest absolute Gasteiger partial charge is 0.314 e. The van der Waals surface area contributed by atoms with E-state index in [1.165, 1.54) is 19.2 Å². The maximum Gasteiger partial charge on any atom is 0.314 e. The molecule has 7 heteroatoms. The molecule has 0 fully saturated rings. The van der Waals surface area contributed by atoms with Crippen LogP contribution in [0.1, 0.15) is 32.6 Å². The van der Waals surface area contributed by atoms with Crippen LogP contribution < -0.4 is 14.8 Å². The summed E-state index contributed by atoms with van der Waals surface area (Å²) in [4.78, 5) is 22.0. The summed E-state index contributed by atoms with van der Waals surface area (Å²) in [6, 6.07) is 4.23. The summed E-state index contributed by atoms with van der Waals surface area (Å²) in [5.41, 5.74) is -0.227. The molecule has 1 N–H and O–H groups in total. The SMILES string of the molecule is CCCCCCNC(=O)COc1ccc(OC)cc1[N+](=O)[O-]. The molecule has 0 saturated carbocycles. The van der Waals surface area contributed by atoms with E-state index in [1.54, 1.807) is 6.07 Å². The first-order valence-electron chi connectivity index (χ1n) is 7.30. The van der Waals surface area contributed by atoms with Crippen molar-refractivity contribution in [2.24, 2.45) is 0 Å². The van der Waals surface area contributed by atoms with E-state index in [-0.39, 0.29) is 24.0 Å². The Balaban J connectivity index is 2.46. The Morgan fingerprint density at radius 1 is 1.32 bits per heavy atom. The largest absolute Gasteiger partial charge is 0.496 e. The molecule has 0 aliphatic rings. The second kappa shape index (κ2) is 9.59. The number of benzene rings is 1. The minimum atomic E-state index is -0.569. The van der Waals surface area contributed by atoms with Crippen LogP contribution in [0.25, 0.3) is 0 Å². The molecule has 0 aliphatic carbocycles. The number of unbranched alkanes of at least 4 members (excludes halogenated alkanes) is 3. The maximum atomic E-state index is 11.6. The third-order valence-electron chi connectivity index (χ3n) is 3.07. The first kappa shape index (κ1) is 17.7. The maximum absolute atomic E-state index is 11.6. The number of hydrogen-bond donors (Lipinski definition) is 1. The molecule has 1 aromatic carbocycles. The van der Waals surface area contributed by atoms with Gasteiger partial charge in [0.1, 0.15) is 5.75 Å². The molecular formula is C15H22N2O5. The number of nitrogens with one attached hydrogen (secondary N) is 1. The molecule has 1 aromatic rings. The fourth-order valence-electron chi connectivity index (χ4n) is 1.86. The lowest BCUT2D eigenvalue weighted by molar-refractivity contribution is -0.385. The van der Waals surface area contributed by atoms with Gasteiger partial charge in [-0.15, -0.1) is 0 Å². The number of carbonyl (C=O) groups is 1. The van der Waals surface area contributed by atoms with Crippen LogP contribution in [0.2, 0.25) is 0 Å². The van der Waals surface area contributed by atoms with Crippen LogP contribution in [0.4, 0.5) is 5.69 Å². The zero-order valence-electron chi connectivity index (χ0n) is 13.0. The molecule has 22 heavy (non-hydrogen) atoms. The van der Waals surface area contributed by atoms with Gasteiger partial charge in [0, 0.05) is 6.54 Å². The minimum absolute atomic E-state index is 0.0481. The zero-order chi connectivity index (χ0) is 16.4. The lowest BCUT2D eigenvalue weighted by Crippen LogP contribution is -2.29. The highest BCUT2D eigenvalue weighted by Gasteiger charge is 2.17. The highest BCUT2D eigenvalue weighted by Crippen LogP contribution is 2.30. The molecule has 1 amide bonds. The van der Waals surface area contributed by atoms with E-state index in [1.807, 2.05) is 0 Å². The number of nitro groups is 1. The minimum Gasteiger partial charge on any atom is -0.496 e. The van der Waals surface area contributed by atoms with Crippen LogP contribution in [0.3, 0.4) is 0 Å². The number of rotatable bonds is 10. The van der Waals surface area contributed by atoms with Gasteiger partial charge < -0.3 is 14.8 Å². The third kappa shape index (κ3) is 5.99. The van der Waals surface area contributed by atoms with E-state index >= 15 is 0 Å². The van der Waals surface area contributed by atoms with Crippen molar-refractivity contribution in [1.82, 2.24) is 5.32 Å². The molecule has 0 aromatic heterocycles. The average Bonchev–Trinajstić information content (AvgIpc) is 2.52. The second-order valence-corrected chi connectivity index (χ2v) is 4.79. The first-order valence-corrected chi connectivity index (χ1v) is 7.30. The Morgan fingerprint density at radius 2 is 2.09 bits per heavy atom. The molecule has 0 spiro atoms. The van der Waals surface area contributed by atoms with Crippen LogP contribution >= 0.6 is 0 Å². The van der Waals surface area contributed by atoms with E-state index in [0.29, 0.717) is 12.3 Å². The van der Waals surface area contributed by atoms with E-state index < -0.39 is 4.92 Å². The summed E-state index contributed by atoms with van der Waals surface area (Å²) in [5, 5.41) is 13.7. The topological polar surface area (TPSA) is 90.7 Å². The van der Waals surface area contributed by atoms with Crippen molar-refractivity contribution in [3.63, 3.8) is 0 Å². The van der Waals surface area contributed by atoms with E-state index in [4.69, 9.17) is 9.47 Å². The fourth-order valence-corrected chi connectivity index (χ4v) is 1.86. The Hall–Kier alpha value is -2.31. The monoisotopic (exact) mass is 310 g/mol. The highest BCUT2D eigenvalue weighted by molar-refractivity contribution is 5.77. The van der Waals surface area contributed by atoms with Gasteiger partial charge in [-0.2, -0.15) is 0 Å². The van der Waals surface area contributed by atoms with Crippen molar-refractivity contribution in [3.8, 4) is 11.5 Å². The Morgan fingerprint density at radius 3 is 2.73 bits per heavy atom. The third-order valence-corrected chi connectivity index (χ3v) is 3.07. The molecule has 7 nitrogen and oxygen atoms in total. The lowest BCUT2D eigenvalue weighted by Gasteiger charge is -2.08. The van der Waals surface area contributed by atoms with Crippen LogP contribution in [-0.4, -0.2) is 31.1 Å². The summed E-state index contributed by atoms with van der Waals surface area (Å²) in [5.74, 6) is 0.118. The normalized spacial score (nSPS) is 10.1. The molecule has 0 unspecified atom stereocenters. The number of carbonyl (C=O) groups excluding carboxylic acids is 1. The van der Waals surface area contributed by atoms with Crippen LogP contribution in [0.15, 0.2) is 18.2 Å². The average molecular weight is 310 g/mol. The van der Waals surface area contributed by atoms with Crippen molar-refractivity contribution >= 4 is 11.6 Å². The van der Waals surface area contributed by atoms with Gasteiger partial charge in [-0.25, -0.2) is 0 Å². The van der Waals surface area contributed by atoms with Gasteiger partial charge in [-0.05, 0) is 18.6 Å². The summed E-state index contributed by atoms with van der Waals surface area (Å²) in [7, 11) is 1.42.